The highest BCUT2D eigenvalue weighted by Gasteiger charge is 2.46. The average Bonchev–Trinajstić information content (AvgIpc) is 2.71. The number of nitrogens with zero attached hydrogens (tertiary/aromatic N) is 1. The fraction of sp³-hybridized carbons (Fsp3) is 0.444. The van der Waals surface area contributed by atoms with Crippen molar-refractivity contribution in [2.75, 3.05) is 6.54 Å². The molecule has 0 radical (unpaired) electrons. The molecule has 3 rings (SSSR count). The molecule has 0 spiro atoms. The molecule has 32 heavy (non-hydrogen) atoms. The Morgan fingerprint density at radius 2 is 1.69 bits per heavy atom. The Morgan fingerprint density at radius 1 is 1.06 bits per heavy atom. The molecule has 1 aliphatic rings. The van der Waals surface area contributed by atoms with Gasteiger partial charge >= 0.3 is 6.09 Å². The Labute approximate surface area is 191 Å². The van der Waals surface area contributed by atoms with E-state index in [-0.39, 0.29) is 12.1 Å². The Hall–Kier alpha value is -2.81. The van der Waals surface area contributed by atoms with Crippen LogP contribution in [0.2, 0.25) is 0 Å². The first-order chi connectivity index (χ1) is 14.9. The number of hydrogen-bond acceptors (Lipinski definition) is 4. The molecule has 2 N–H and O–H groups in total. The second-order valence-electron chi connectivity index (χ2n) is 9.77. The van der Waals surface area contributed by atoms with Gasteiger partial charge in [-0.05, 0) is 57.9 Å². The third-order valence-electron chi connectivity index (χ3n) is 5.67. The molecule has 0 aliphatic carbocycles. The number of hydrogen-bond donors (Lipinski definition) is 2. The summed E-state index contributed by atoms with van der Waals surface area (Å²) in [6, 6.07) is 17.2. The van der Waals surface area contributed by atoms with Crippen molar-refractivity contribution in [1.29, 1.82) is 0 Å². The number of aliphatic hydroxyl groups is 2. The fourth-order valence-electron chi connectivity index (χ4n) is 4.14. The van der Waals surface area contributed by atoms with E-state index < -0.39 is 16.8 Å². The van der Waals surface area contributed by atoms with Gasteiger partial charge in [0.2, 0.25) is 0 Å². The van der Waals surface area contributed by atoms with E-state index in [4.69, 9.17) is 4.74 Å². The van der Waals surface area contributed by atoms with E-state index in [1.165, 1.54) is 0 Å². The SMILES string of the molecule is C[C@@H](c1ccc(C#CC(C)(C)O)cc1)N1CC[C@](CC(C)(C)O)(c2ccccc2)OC1=O. The highest BCUT2D eigenvalue weighted by Crippen LogP contribution is 2.42. The Bertz CT molecular complexity index is 990. The van der Waals surface area contributed by atoms with Crippen molar-refractivity contribution in [1.82, 2.24) is 4.90 Å². The normalized spacial score (nSPS) is 20.2. The molecule has 2 atom stereocenters. The molecule has 1 fully saturated rings. The van der Waals surface area contributed by atoms with Crippen molar-refractivity contribution in [2.45, 2.75) is 70.3 Å². The second kappa shape index (κ2) is 8.97. The van der Waals surface area contributed by atoms with Crippen LogP contribution in [-0.4, -0.2) is 39.0 Å². The molecule has 0 saturated carbocycles. The number of rotatable bonds is 5. The number of carbonyl (C=O) groups is 1. The van der Waals surface area contributed by atoms with Gasteiger partial charge < -0.3 is 19.8 Å². The van der Waals surface area contributed by atoms with E-state index in [9.17, 15) is 15.0 Å². The zero-order valence-corrected chi connectivity index (χ0v) is 19.6. The van der Waals surface area contributed by atoms with E-state index in [0.717, 1.165) is 16.7 Å². The third kappa shape index (κ3) is 5.91. The van der Waals surface area contributed by atoms with Crippen molar-refractivity contribution in [3.63, 3.8) is 0 Å². The lowest BCUT2D eigenvalue weighted by molar-refractivity contribution is -0.101. The smallest absolute Gasteiger partial charge is 0.411 e. The maximum Gasteiger partial charge on any atom is 0.411 e. The Balaban J connectivity index is 1.79. The van der Waals surface area contributed by atoms with Crippen molar-refractivity contribution in [2.24, 2.45) is 0 Å². The van der Waals surface area contributed by atoms with Crippen molar-refractivity contribution < 1.29 is 19.7 Å². The Morgan fingerprint density at radius 3 is 2.22 bits per heavy atom. The zero-order valence-electron chi connectivity index (χ0n) is 19.6. The predicted molar refractivity (Wildman–Crippen MR) is 125 cm³/mol. The van der Waals surface area contributed by atoms with Gasteiger partial charge in [-0.25, -0.2) is 4.79 Å². The van der Waals surface area contributed by atoms with E-state index in [1.807, 2.05) is 61.5 Å². The fourth-order valence-corrected chi connectivity index (χ4v) is 4.14. The highest BCUT2D eigenvalue weighted by atomic mass is 16.6. The van der Waals surface area contributed by atoms with Crippen LogP contribution in [0.1, 0.15) is 70.2 Å². The van der Waals surface area contributed by atoms with E-state index >= 15 is 0 Å². The van der Waals surface area contributed by atoms with E-state index in [0.29, 0.717) is 19.4 Å². The summed E-state index contributed by atoms with van der Waals surface area (Å²) in [5.74, 6) is 5.76. The minimum absolute atomic E-state index is 0.172. The lowest BCUT2D eigenvalue weighted by Gasteiger charge is -2.45. The first kappa shape index (κ1) is 23.8. The molecule has 170 valence electrons. The van der Waals surface area contributed by atoms with Gasteiger partial charge in [0, 0.05) is 24.9 Å². The first-order valence-corrected chi connectivity index (χ1v) is 11.0. The van der Waals surface area contributed by atoms with Crippen LogP contribution in [0.15, 0.2) is 54.6 Å². The van der Waals surface area contributed by atoms with Gasteiger partial charge in [-0.15, -0.1) is 0 Å². The van der Waals surface area contributed by atoms with Crippen LogP contribution in [-0.2, 0) is 10.3 Å². The predicted octanol–water partition coefficient (Wildman–Crippen LogP) is 4.77. The molecule has 1 heterocycles. The van der Waals surface area contributed by atoms with Crippen molar-refractivity contribution in [3.8, 4) is 11.8 Å². The molecule has 0 unspecified atom stereocenters. The molecule has 2 aromatic rings. The lowest BCUT2D eigenvalue weighted by atomic mass is 9.80. The van der Waals surface area contributed by atoms with Gasteiger partial charge in [0.15, 0.2) is 0 Å². The monoisotopic (exact) mass is 435 g/mol. The number of amides is 1. The van der Waals surface area contributed by atoms with Crippen LogP contribution in [0.4, 0.5) is 4.79 Å². The summed E-state index contributed by atoms with van der Waals surface area (Å²) < 4.78 is 6.07. The van der Waals surface area contributed by atoms with E-state index in [2.05, 4.69) is 11.8 Å². The molecule has 0 aromatic heterocycles. The zero-order chi connectivity index (χ0) is 23.6. The summed E-state index contributed by atoms with van der Waals surface area (Å²) in [6.07, 6.45) is 0.529. The molecule has 1 saturated heterocycles. The molecule has 5 nitrogen and oxygen atoms in total. The molecule has 1 amide bonds. The maximum absolute atomic E-state index is 13.1. The quantitative estimate of drug-likeness (QED) is 0.664. The van der Waals surface area contributed by atoms with Crippen LogP contribution in [0, 0.1) is 11.8 Å². The van der Waals surface area contributed by atoms with Gasteiger partial charge in [-0.2, -0.15) is 0 Å². The van der Waals surface area contributed by atoms with Crippen LogP contribution in [0.25, 0.3) is 0 Å². The van der Waals surface area contributed by atoms with Gasteiger partial charge in [0.25, 0.3) is 0 Å². The summed E-state index contributed by atoms with van der Waals surface area (Å²) in [5, 5.41) is 20.3. The average molecular weight is 436 g/mol. The minimum Gasteiger partial charge on any atom is -0.438 e. The van der Waals surface area contributed by atoms with E-state index in [1.54, 1.807) is 32.6 Å². The summed E-state index contributed by atoms with van der Waals surface area (Å²) in [7, 11) is 0. The minimum atomic E-state index is -1.04. The van der Waals surface area contributed by atoms with Crippen LogP contribution < -0.4 is 0 Å². The van der Waals surface area contributed by atoms with Gasteiger partial charge in [-0.1, -0.05) is 54.3 Å². The van der Waals surface area contributed by atoms with Gasteiger partial charge in [-0.3, -0.25) is 0 Å². The number of cyclic esters (lactones) is 1. The van der Waals surface area contributed by atoms with Crippen molar-refractivity contribution in [3.05, 3.63) is 71.3 Å². The summed E-state index contributed by atoms with van der Waals surface area (Å²) >= 11 is 0. The molecule has 2 aromatic carbocycles. The first-order valence-electron chi connectivity index (χ1n) is 11.0. The number of ether oxygens (including phenoxy) is 1. The molecular formula is C27H33NO4. The molecule has 1 aliphatic heterocycles. The lowest BCUT2D eigenvalue weighted by Crippen LogP contribution is -2.51. The summed E-state index contributed by atoms with van der Waals surface area (Å²) in [6.45, 7) is 9.26. The largest absolute Gasteiger partial charge is 0.438 e. The van der Waals surface area contributed by atoms with Crippen LogP contribution in [0.5, 0.6) is 0 Å². The summed E-state index contributed by atoms with van der Waals surface area (Å²) in [4.78, 5) is 14.9. The topological polar surface area (TPSA) is 70.0 Å². The third-order valence-corrected chi connectivity index (χ3v) is 5.67. The standard InChI is InChI=1S/C27H33NO4/c1-20(22-13-11-21(12-14-22)15-16-25(2,3)30)28-18-17-27(32-24(28)29,19-26(4,5)31)23-9-7-6-8-10-23/h6-14,20,30-31H,17-19H2,1-5H3/t20-,27-/m0/s1. The van der Waals surface area contributed by atoms with Gasteiger partial charge in [0.05, 0.1) is 11.6 Å². The van der Waals surface area contributed by atoms with Crippen LogP contribution in [0.3, 0.4) is 0 Å². The summed E-state index contributed by atoms with van der Waals surface area (Å²) in [5.41, 5.74) is -0.203. The van der Waals surface area contributed by atoms with Crippen molar-refractivity contribution >= 4 is 6.09 Å². The maximum atomic E-state index is 13.1. The number of carbonyl (C=O) groups excluding carboxylic acids is 1. The molecule has 0 bridgehead atoms. The highest BCUT2D eigenvalue weighted by molar-refractivity contribution is 5.70. The van der Waals surface area contributed by atoms with Crippen LogP contribution >= 0.6 is 0 Å². The second-order valence-corrected chi connectivity index (χ2v) is 9.77. The molecular weight excluding hydrogens is 402 g/mol. The van der Waals surface area contributed by atoms with Gasteiger partial charge in [0.1, 0.15) is 11.2 Å². The number of benzene rings is 2. The molecule has 5 heteroatoms. The Kier molecular flexibility index (Phi) is 6.69.